The van der Waals surface area contributed by atoms with E-state index in [-0.39, 0.29) is 6.10 Å². The minimum Gasteiger partial charge on any atom is -0.491 e. The highest BCUT2D eigenvalue weighted by molar-refractivity contribution is 5.31. The molecule has 0 aliphatic rings. The fourth-order valence-electron chi connectivity index (χ4n) is 2.39. The van der Waals surface area contributed by atoms with Crippen molar-refractivity contribution in [2.45, 2.75) is 46.3 Å². The molecule has 2 atom stereocenters. The normalized spacial score (nSPS) is 14.3. The Hall–Kier alpha value is -1.06. The van der Waals surface area contributed by atoms with E-state index in [0.29, 0.717) is 12.0 Å². The Labute approximate surface area is 123 Å². The second-order valence-electron chi connectivity index (χ2n) is 5.53. The summed E-state index contributed by atoms with van der Waals surface area (Å²) in [5, 5.41) is 3.58. The van der Waals surface area contributed by atoms with Gasteiger partial charge in [-0.2, -0.15) is 0 Å². The summed E-state index contributed by atoms with van der Waals surface area (Å²) in [6.45, 7) is 10.3. The van der Waals surface area contributed by atoms with Crippen LogP contribution in [0.15, 0.2) is 24.3 Å². The quantitative estimate of drug-likeness (QED) is 0.746. The first-order chi connectivity index (χ1) is 9.58. The van der Waals surface area contributed by atoms with Crippen LogP contribution < -0.4 is 10.1 Å². The van der Waals surface area contributed by atoms with Gasteiger partial charge in [0.1, 0.15) is 5.75 Å². The zero-order valence-corrected chi connectivity index (χ0v) is 13.5. The maximum absolute atomic E-state index is 5.79. The molecule has 1 aromatic carbocycles. The van der Waals surface area contributed by atoms with Gasteiger partial charge in [-0.15, -0.1) is 0 Å². The first-order valence-corrected chi connectivity index (χ1v) is 7.57. The maximum Gasteiger partial charge on any atom is 0.120 e. The molecule has 3 nitrogen and oxygen atoms in total. The van der Waals surface area contributed by atoms with Gasteiger partial charge in [0.15, 0.2) is 0 Å². The fraction of sp³-hybridized carbons (Fsp3) is 0.647. The van der Waals surface area contributed by atoms with Crippen LogP contribution in [-0.4, -0.2) is 26.4 Å². The minimum atomic E-state index is 0.203. The summed E-state index contributed by atoms with van der Waals surface area (Å²) in [4.78, 5) is 0. The molecule has 0 aromatic heterocycles. The Morgan fingerprint density at radius 1 is 1.20 bits per heavy atom. The molecule has 0 spiro atoms. The van der Waals surface area contributed by atoms with Crippen LogP contribution in [0.3, 0.4) is 0 Å². The Balaban J connectivity index is 2.84. The molecule has 0 saturated carbocycles. The maximum atomic E-state index is 5.79. The van der Waals surface area contributed by atoms with Crippen LogP contribution in [0.1, 0.15) is 45.7 Å². The van der Waals surface area contributed by atoms with E-state index in [9.17, 15) is 0 Å². The molecule has 0 bridgehead atoms. The highest BCUT2D eigenvalue weighted by Gasteiger charge is 2.18. The molecule has 0 fully saturated rings. The molecule has 0 aliphatic heterocycles. The smallest absolute Gasteiger partial charge is 0.120 e. The van der Waals surface area contributed by atoms with Crippen molar-refractivity contribution in [1.29, 1.82) is 0 Å². The molecule has 2 unspecified atom stereocenters. The molecule has 0 aliphatic carbocycles. The Morgan fingerprint density at radius 3 is 2.55 bits per heavy atom. The summed E-state index contributed by atoms with van der Waals surface area (Å²) in [6.07, 6.45) is 1.25. The van der Waals surface area contributed by atoms with Gasteiger partial charge in [0.2, 0.25) is 0 Å². The minimum absolute atomic E-state index is 0.203. The number of benzene rings is 1. The van der Waals surface area contributed by atoms with Crippen LogP contribution in [-0.2, 0) is 4.74 Å². The van der Waals surface area contributed by atoms with Gasteiger partial charge in [0, 0.05) is 19.8 Å². The van der Waals surface area contributed by atoms with Crippen LogP contribution >= 0.6 is 0 Å². The van der Waals surface area contributed by atoms with E-state index < -0.39 is 0 Å². The van der Waals surface area contributed by atoms with E-state index in [2.05, 4.69) is 51.2 Å². The van der Waals surface area contributed by atoms with Gasteiger partial charge in [-0.25, -0.2) is 0 Å². The summed E-state index contributed by atoms with van der Waals surface area (Å²) in [7, 11) is 1.76. The molecule has 1 aromatic rings. The van der Waals surface area contributed by atoms with Crippen LogP contribution in [0, 0.1) is 5.92 Å². The first-order valence-electron chi connectivity index (χ1n) is 7.57. The van der Waals surface area contributed by atoms with Gasteiger partial charge in [-0.3, -0.25) is 0 Å². The van der Waals surface area contributed by atoms with Crippen molar-refractivity contribution in [3.05, 3.63) is 29.8 Å². The van der Waals surface area contributed by atoms with Gasteiger partial charge < -0.3 is 14.8 Å². The highest BCUT2D eigenvalue weighted by Crippen LogP contribution is 2.27. The number of nitrogens with one attached hydrogen (secondary N) is 1. The average Bonchev–Trinajstić information content (AvgIpc) is 2.41. The zero-order valence-electron chi connectivity index (χ0n) is 13.5. The standard InChI is InChI=1S/C17H29NO2/c1-6-18-17(14(4)10-11-19-5)15-8-7-9-16(12-15)20-13(2)3/h7-9,12-14,17-18H,6,10-11H2,1-5H3. The third kappa shape index (κ3) is 5.51. The molecule has 0 amide bonds. The average molecular weight is 279 g/mol. The van der Waals surface area contributed by atoms with Crippen molar-refractivity contribution in [1.82, 2.24) is 5.32 Å². The Bertz CT molecular complexity index is 379. The second kappa shape index (κ2) is 8.98. The SMILES string of the molecule is CCNC(c1cccc(OC(C)C)c1)C(C)CCOC. The fourth-order valence-corrected chi connectivity index (χ4v) is 2.39. The molecule has 0 radical (unpaired) electrons. The number of rotatable bonds is 9. The lowest BCUT2D eigenvalue weighted by Crippen LogP contribution is -2.27. The van der Waals surface area contributed by atoms with Crippen molar-refractivity contribution in [3.8, 4) is 5.75 Å². The van der Waals surface area contributed by atoms with E-state index in [0.717, 1.165) is 25.3 Å². The number of hydrogen-bond acceptors (Lipinski definition) is 3. The van der Waals surface area contributed by atoms with Crippen molar-refractivity contribution in [2.24, 2.45) is 5.92 Å². The number of hydrogen-bond donors (Lipinski definition) is 1. The van der Waals surface area contributed by atoms with E-state index in [1.807, 2.05) is 6.07 Å². The lowest BCUT2D eigenvalue weighted by molar-refractivity contribution is 0.170. The van der Waals surface area contributed by atoms with E-state index in [1.54, 1.807) is 7.11 Å². The van der Waals surface area contributed by atoms with E-state index in [4.69, 9.17) is 9.47 Å². The van der Waals surface area contributed by atoms with Gasteiger partial charge in [-0.05, 0) is 50.4 Å². The van der Waals surface area contributed by atoms with E-state index in [1.165, 1.54) is 5.56 Å². The van der Waals surface area contributed by atoms with Crippen molar-refractivity contribution in [3.63, 3.8) is 0 Å². The van der Waals surface area contributed by atoms with Crippen LogP contribution in [0.2, 0.25) is 0 Å². The van der Waals surface area contributed by atoms with Gasteiger partial charge >= 0.3 is 0 Å². The summed E-state index contributed by atoms with van der Waals surface area (Å²) < 4.78 is 11.0. The first kappa shape index (κ1) is 17.0. The predicted molar refractivity (Wildman–Crippen MR) is 84.3 cm³/mol. The van der Waals surface area contributed by atoms with Crippen LogP contribution in [0.25, 0.3) is 0 Å². The predicted octanol–water partition coefficient (Wildman–Crippen LogP) is 3.80. The molecule has 3 heteroatoms. The monoisotopic (exact) mass is 279 g/mol. The highest BCUT2D eigenvalue weighted by atomic mass is 16.5. The summed E-state index contributed by atoms with van der Waals surface area (Å²) in [6, 6.07) is 8.75. The Kier molecular flexibility index (Phi) is 7.63. The van der Waals surface area contributed by atoms with Crippen LogP contribution in [0.5, 0.6) is 5.75 Å². The van der Waals surface area contributed by atoms with Crippen molar-refractivity contribution in [2.75, 3.05) is 20.3 Å². The zero-order chi connectivity index (χ0) is 15.0. The number of ether oxygens (including phenoxy) is 2. The van der Waals surface area contributed by atoms with Gasteiger partial charge in [-0.1, -0.05) is 26.0 Å². The lowest BCUT2D eigenvalue weighted by Gasteiger charge is -2.26. The van der Waals surface area contributed by atoms with Gasteiger partial charge in [0.05, 0.1) is 6.10 Å². The third-order valence-corrected chi connectivity index (χ3v) is 3.36. The topological polar surface area (TPSA) is 30.5 Å². The van der Waals surface area contributed by atoms with Crippen molar-refractivity contribution >= 4 is 0 Å². The van der Waals surface area contributed by atoms with Crippen LogP contribution in [0.4, 0.5) is 0 Å². The van der Waals surface area contributed by atoms with Gasteiger partial charge in [0.25, 0.3) is 0 Å². The molecular formula is C17H29NO2. The third-order valence-electron chi connectivity index (χ3n) is 3.36. The molecule has 1 N–H and O–H groups in total. The molecular weight excluding hydrogens is 250 g/mol. The largest absolute Gasteiger partial charge is 0.491 e. The van der Waals surface area contributed by atoms with Crippen molar-refractivity contribution < 1.29 is 9.47 Å². The lowest BCUT2D eigenvalue weighted by atomic mass is 9.92. The van der Waals surface area contributed by atoms with E-state index >= 15 is 0 Å². The molecule has 20 heavy (non-hydrogen) atoms. The summed E-state index contributed by atoms with van der Waals surface area (Å²) in [5.41, 5.74) is 1.29. The summed E-state index contributed by atoms with van der Waals surface area (Å²) in [5.74, 6) is 1.46. The molecule has 0 saturated heterocycles. The number of methoxy groups -OCH3 is 1. The molecule has 114 valence electrons. The molecule has 1 rings (SSSR count). The Morgan fingerprint density at radius 2 is 1.95 bits per heavy atom. The molecule has 0 heterocycles. The second-order valence-corrected chi connectivity index (χ2v) is 5.53. The summed E-state index contributed by atoms with van der Waals surface area (Å²) >= 11 is 0.